The number of likely N-dealkylation sites (tertiary alicyclic amines) is 1. The van der Waals surface area contributed by atoms with E-state index in [2.05, 4.69) is 75.4 Å². The van der Waals surface area contributed by atoms with Crippen LogP contribution in [0, 0.1) is 0 Å². The first kappa shape index (κ1) is 23.1. The minimum absolute atomic E-state index is 0.278. The zero-order chi connectivity index (χ0) is 20.2. The Bertz CT molecular complexity index is 434. The van der Waals surface area contributed by atoms with Crippen LogP contribution in [0.4, 0.5) is 0 Å². The molecule has 0 aromatic heterocycles. The van der Waals surface area contributed by atoms with Crippen molar-refractivity contribution in [2.24, 2.45) is 0 Å². The molecule has 4 heteroatoms. The van der Waals surface area contributed by atoms with Gasteiger partial charge in [-0.25, -0.2) is 0 Å². The first-order valence-corrected chi connectivity index (χ1v) is 11.6. The second-order valence-corrected chi connectivity index (χ2v) is 10.5. The molecule has 1 N–H and O–H groups in total. The molecule has 2 fully saturated rings. The highest BCUT2D eigenvalue weighted by Gasteiger charge is 2.36. The van der Waals surface area contributed by atoms with Crippen molar-refractivity contribution in [1.82, 2.24) is 20.0 Å². The molecule has 2 saturated heterocycles. The quantitative estimate of drug-likeness (QED) is 0.691. The first-order chi connectivity index (χ1) is 12.6. The van der Waals surface area contributed by atoms with Crippen LogP contribution in [0.1, 0.15) is 81.1 Å². The van der Waals surface area contributed by atoms with E-state index in [4.69, 9.17) is 0 Å². The summed E-state index contributed by atoms with van der Waals surface area (Å²) in [5, 5.41) is 3.94. The van der Waals surface area contributed by atoms with E-state index in [9.17, 15) is 0 Å². The Morgan fingerprint density at radius 3 is 2.15 bits per heavy atom. The van der Waals surface area contributed by atoms with Crippen molar-refractivity contribution in [1.29, 1.82) is 0 Å². The SMILES string of the molecule is CC(CCC(C)N1CCN(C(C)C)CC1(C)C)NC1CCCN(C(C)C)C1. The fraction of sp³-hybridized carbons (Fsp3) is 1.00. The summed E-state index contributed by atoms with van der Waals surface area (Å²) in [5.74, 6) is 0. The standard InChI is InChI=1S/C23H48N4/c1-18(2)25-13-9-10-22(16-25)24-20(5)11-12-21(6)27-15-14-26(19(3)4)17-23(27,7)8/h18-22,24H,9-17H2,1-8H3. The number of piperazine rings is 1. The van der Waals surface area contributed by atoms with Crippen LogP contribution in [0.3, 0.4) is 0 Å². The number of piperidine rings is 1. The maximum atomic E-state index is 3.94. The molecule has 2 aliphatic rings. The Labute approximate surface area is 170 Å². The van der Waals surface area contributed by atoms with Gasteiger partial charge < -0.3 is 5.32 Å². The van der Waals surface area contributed by atoms with Crippen molar-refractivity contribution in [2.75, 3.05) is 32.7 Å². The molecule has 2 rings (SSSR count). The number of nitrogens with zero attached hydrogens (tertiary/aromatic N) is 3. The van der Waals surface area contributed by atoms with Crippen molar-refractivity contribution >= 4 is 0 Å². The van der Waals surface area contributed by atoms with Crippen LogP contribution in [-0.4, -0.2) is 83.2 Å². The van der Waals surface area contributed by atoms with E-state index < -0.39 is 0 Å². The molecule has 0 spiro atoms. The second kappa shape index (κ2) is 10.0. The van der Waals surface area contributed by atoms with Gasteiger partial charge in [-0.15, -0.1) is 0 Å². The van der Waals surface area contributed by atoms with E-state index in [0.29, 0.717) is 30.2 Å². The number of nitrogens with one attached hydrogen (secondary N) is 1. The lowest BCUT2D eigenvalue weighted by Gasteiger charge is -2.51. The van der Waals surface area contributed by atoms with Gasteiger partial charge in [0, 0.05) is 61.9 Å². The Kier molecular flexibility index (Phi) is 8.60. The maximum Gasteiger partial charge on any atom is 0.0283 e. The number of hydrogen-bond donors (Lipinski definition) is 1. The highest BCUT2D eigenvalue weighted by molar-refractivity contribution is 4.93. The van der Waals surface area contributed by atoms with Gasteiger partial charge in [0.15, 0.2) is 0 Å². The van der Waals surface area contributed by atoms with Gasteiger partial charge in [-0.3, -0.25) is 14.7 Å². The van der Waals surface area contributed by atoms with Crippen LogP contribution in [0.15, 0.2) is 0 Å². The van der Waals surface area contributed by atoms with Crippen LogP contribution in [-0.2, 0) is 0 Å². The lowest BCUT2D eigenvalue weighted by molar-refractivity contribution is -0.0202. The summed E-state index contributed by atoms with van der Waals surface area (Å²) in [7, 11) is 0. The van der Waals surface area contributed by atoms with Gasteiger partial charge in [-0.1, -0.05) is 0 Å². The van der Waals surface area contributed by atoms with Crippen molar-refractivity contribution in [3.8, 4) is 0 Å². The third-order valence-electron chi connectivity index (χ3n) is 6.98. The van der Waals surface area contributed by atoms with Crippen molar-refractivity contribution in [3.63, 3.8) is 0 Å². The van der Waals surface area contributed by atoms with Gasteiger partial charge in [0.1, 0.15) is 0 Å². The van der Waals surface area contributed by atoms with Crippen molar-refractivity contribution in [3.05, 3.63) is 0 Å². The van der Waals surface area contributed by atoms with Crippen LogP contribution >= 0.6 is 0 Å². The molecule has 4 nitrogen and oxygen atoms in total. The fourth-order valence-corrected chi connectivity index (χ4v) is 5.21. The Morgan fingerprint density at radius 1 is 0.889 bits per heavy atom. The highest BCUT2D eigenvalue weighted by atomic mass is 15.3. The molecule has 2 heterocycles. The minimum atomic E-state index is 0.278. The summed E-state index contributed by atoms with van der Waals surface area (Å²) in [5.41, 5.74) is 0.278. The average Bonchev–Trinajstić information content (AvgIpc) is 2.58. The summed E-state index contributed by atoms with van der Waals surface area (Å²) in [6, 6.07) is 3.29. The van der Waals surface area contributed by atoms with E-state index in [0.717, 1.165) is 0 Å². The number of hydrogen-bond acceptors (Lipinski definition) is 4. The topological polar surface area (TPSA) is 21.8 Å². The fourth-order valence-electron chi connectivity index (χ4n) is 5.21. The normalized spacial score (nSPS) is 28.0. The molecule has 3 unspecified atom stereocenters. The van der Waals surface area contributed by atoms with Crippen molar-refractivity contribution < 1.29 is 0 Å². The summed E-state index contributed by atoms with van der Waals surface area (Å²) < 4.78 is 0. The van der Waals surface area contributed by atoms with Gasteiger partial charge in [0.05, 0.1) is 0 Å². The largest absolute Gasteiger partial charge is 0.310 e. The van der Waals surface area contributed by atoms with E-state index in [1.807, 2.05) is 0 Å². The van der Waals surface area contributed by atoms with Crippen LogP contribution in [0.5, 0.6) is 0 Å². The van der Waals surface area contributed by atoms with E-state index in [1.54, 1.807) is 0 Å². The zero-order valence-corrected chi connectivity index (χ0v) is 19.6. The van der Waals surface area contributed by atoms with Gasteiger partial charge in [-0.2, -0.15) is 0 Å². The Balaban J connectivity index is 1.76. The zero-order valence-electron chi connectivity index (χ0n) is 19.6. The highest BCUT2D eigenvalue weighted by Crippen LogP contribution is 2.26. The summed E-state index contributed by atoms with van der Waals surface area (Å²) in [6.45, 7) is 25.1. The third kappa shape index (κ3) is 6.69. The number of rotatable bonds is 8. The Morgan fingerprint density at radius 2 is 1.56 bits per heavy atom. The predicted octanol–water partition coefficient (Wildman–Crippen LogP) is 3.81. The van der Waals surface area contributed by atoms with E-state index in [-0.39, 0.29) is 5.54 Å². The molecule has 2 aliphatic heterocycles. The summed E-state index contributed by atoms with van der Waals surface area (Å²) in [4.78, 5) is 8.03. The average molecular weight is 381 g/mol. The molecular weight excluding hydrogens is 332 g/mol. The van der Waals surface area contributed by atoms with E-state index in [1.165, 1.54) is 58.4 Å². The second-order valence-electron chi connectivity index (χ2n) is 10.5. The molecule has 160 valence electrons. The molecule has 0 aromatic rings. The van der Waals surface area contributed by atoms with Gasteiger partial charge in [-0.05, 0) is 87.6 Å². The monoisotopic (exact) mass is 380 g/mol. The van der Waals surface area contributed by atoms with Crippen LogP contribution in [0.25, 0.3) is 0 Å². The molecule has 0 bridgehead atoms. The smallest absolute Gasteiger partial charge is 0.0283 e. The molecule has 0 amide bonds. The molecule has 0 radical (unpaired) electrons. The summed E-state index contributed by atoms with van der Waals surface area (Å²) in [6.07, 6.45) is 5.25. The van der Waals surface area contributed by atoms with Crippen molar-refractivity contribution in [2.45, 2.75) is 117 Å². The maximum absolute atomic E-state index is 3.94. The molecule has 0 aromatic carbocycles. The minimum Gasteiger partial charge on any atom is -0.310 e. The van der Waals surface area contributed by atoms with E-state index >= 15 is 0 Å². The predicted molar refractivity (Wildman–Crippen MR) is 119 cm³/mol. The van der Waals surface area contributed by atoms with Gasteiger partial charge in [0.2, 0.25) is 0 Å². The third-order valence-corrected chi connectivity index (χ3v) is 6.98. The van der Waals surface area contributed by atoms with Gasteiger partial charge in [0.25, 0.3) is 0 Å². The van der Waals surface area contributed by atoms with Gasteiger partial charge >= 0.3 is 0 Å². The molecular formula is C23H48N4. The Hall–Kier alpha value is -0.160. The molecule has 0 aliphatic carbocycles. The summed E-state index contributed by atoms with van der Waals surface area (Å²) >= 11 is 0. The molecule has 27 heavy (non-hydrogen) atoms. The molecule has 0 saturated carbocycles. The lowest BCUT2D eigenvalue weighted by Crippen LogP contribution is -2.62. The lowest BCUT2D eigenvalue weighted by atomic mass is 9.93. The first-order valence-electron chi connectivity index (χ1n) is 11.6. The van der Waals surface area contributed by atoms with Crippen LogP contribution < -0.4 is 5.32 Å². The van der Waals surface area contributed by atoms with Crippen LogP contribution in [0.2, 0.25) is 0 Å². The molecule has 3 atom stereocenters.